The van der Waals surface area contributed by atoms with Crippen LogP contribution in [0, 0.1) is 11.2 Å². The van der Waals surface area contributed by atoms with Gasteiger partial charge in [0.25, 0.3) is 0 Å². The number of nitrogens with two attached hydrogens (primary N) is 1. The van der Waals surface area contributed by atoms with Gasteiger partial charge in [0, 0.05) is 11.7 Å². The lowest BCUT2D eigenvalue weighted by Crippen LogP contribution is -2.46. The number of rotatable bonds is 3. The van der Waals surface area contributed by atoms with E-state index in [2.05, 4.69) is 20.7 Å². The van der Waals surface area contributed by atoms with Gasteiger partial charge in [0.2, 0.25) is 10.0 Å². The van der Waals surface area contributed by atoms with Crippen LogP contribution in [0.5, 0.6) is 0 Å². The zero-order valence-electron chi connectivity index (χ0n) is 12.1. The van der Waals surface area contributed by atoms with E-state index in [0.29, 0.717) is 0 Å². The van der Waals surface area contributed by atoms with E-state index >= 15 is 0 Å². The molecule has 4 nitrogen and oxygen atoms in total. The summed E-state index contributed by atoms with van der Waals surface area (Å²) < 4.78 is 41.8. The van der Waals surface area contributed by atoms with E-state index in [4.69, 9.17) is 5.73 Å². The summed E-state index contributed by atoms with van der Waals surface area (Å²) in [6.07, 6.45) is 3.77. The van der Waals surface area contributed by atoms with Gasteiger partial charge in [0.1, 0.15) is 4.90 Å². The normalized spacial score (nSPS) is 22.2. The van der Waals surface area contributed by atoms with Crippen molar-refractivity contribution < 1.29 is 12.8 Å². The zero-order chi connectivity index (χ0) is 15.8. The highest BCUT2D eigenvalue weighted by Gasteiger charge is 2.36. The summed E-state index contributed by atoms with van der Waals surface area (Å²) >= 11 is 2.99. The van der Waals surface area contributed by atoms with Crippen molar-refractivity contribution in [2.75, 3.05) is 5.73 Å². The molecule has 118 valence electrons. The Kier molecular flexibility index (Phi) is 4.66. The fourth-order valence-corrected chi connectivity index (χ4v) is 4.93. The molecule has 0 aromatic heterocycles. The molecular formula is C14H20BrFN2O2S. The molecule has 0 bridgehead atoms. The molecule has 0 saturated heterocycles. The average molecular weight is 379 g/mol. The molecule has 0 amide bonds. The standard InChI is InChI=1S/C14H20BrFN2O2S/c1-14(2)6-4-3-5-12(14)18-21(19,20)11-8-9(17)7-10(15)13(11)16/h7-8,12,18H,3-6,17H2,1-2H3. The van der Waals surface area contributed by atoms with E-state index in [1.165, 1.54) is 6.07 Å². The van der Waals surface area contributed by atoms with Crippen LogP contribution in [0.15, 0.2) is 21.5 Å². The highest BCUT2D eigenvalue weighted by molar-refractivity contribution is 9.10. The van der Waals surface area contributed by atoms with E-state index in [1.807, 2.05) is 13.8 Å². The van der Waals surface area contributed by atoms with Crippen LogP contribution in [0.25, 0.3) is 0 Å². The van der Waals surface area contributed by atoms with Crippen LogP contribution < -0.4 is 10.5 Å². The first-order valence-corrected chi connectivity index (χ1v) is 9.18. The van der Waals surface area contributed by atoms with Crippen LogP contribution in [0.4, 0.5) is 10.1 Å². The third kappa shape index (κ3) is 3.57. The molecule has 3 N–H and O–H groups in total. The first-order valence-electron chi connectivity index (χ1n) is 6.90. The molecule has 2 rings (SSSR count). The first-order chi connectivity index (χ1) is 9.63. The number of anilines is 1. The topological polar surface area (TPSA) is 72.2 Å². The lowest BCUT2D eigenvalue weighted by Gasteiger charge is -2.38. The second-order valence-electron chi connectivity index (χ2n) is 6.22. The molecule has 7 heteroatoms. The van der Waals surface area contributed by atoms with Gasteiger partial charge in [-0.3, -0.25) is 0 Å². The van der Waals surface area contributed by atoms with Crippen molar-refractivity contribution in [3.63, 3.8) is 0 Å². The predicted octanol–water partition coefficient (Wildman–Crippen LogP) is 3.42. The third-order valence-electron chi connectivity index (χ3n) is 4.11. The van der Waals surface area contributed by atoms with E-state index < -0.39 is 20.7 Å². The predicted molar refractivity (Wildman–Crippen MR) is 84.9 cm³/mol. The Morgan fingerprint density at radius 3 is 2.67 bits per heavy atom. The number of benzene rings is 1. The second kappa shape index (κ2) is 5.85. The van der Waals surface area contributed by atoms with Crippen LogP contribution in [-0.4, -0.2) is 14.5 Å². The minimum atomic E-state index is -3.94. The van der Waals surface area contributed by atoms with Gasteiger partial charge in [-0.05, 0) is 46.3 Å². The fourth-order valence-electron chi connectivity index (χ4n) is 2.74. The van der Waals surface area contributed by atoms with Crippen LogP contribution in [0.2, 0.25) is 0 Å². The number of nitrogens with one attached hydrogen (secondary N) is 1. The number of hydrogen-bond acceptors (Lipinski definition) is 3. The lowest BCUT2D eigenvalue weighted by molar-refractivity contribution is 0.188. The molecule has 1 aromatic rings. The summed E-state index contributed by atoms with van der Waals surface area (Å²) in [5.74, 6) is -0.815. The van der Waals surface area contributed by atoms with Crippen molar-refractivity contribution in [1.82, 2.24) is 4.72 Å². The van der Waals surface area contributed by atoms with Crippen molar-refractivity contribution in [2.45, 2.75) is 50.5 Å². The van der Waals surface area contributed by atoms with Crippen LogP contribution in [-0.2, 0) is 10.0 Å². The Hall–Kier alpha value is -0.660. The van der Waals surface area contributed by atoms with Crippen LogP contribution in [0.3, 0.4) is 0 Å². The SMILES string of the molecule is CC1(C)CCCCC1NS(=O)(=O)c1cc(N)cc(Br)c1F. The van der Waals surface area contributed by atoms with Gasteiger partial charge in [0.15, 0.2) is 5.82 Å². The van der Waals surface area contributed by atoms with Gasteiger partial charge < -0.3 is 5.73 Å². The quantitative estimate of drug-likeness (QED) is 0.791. The van der Waals surface area contributed by atoms with Crippen LogP contribution in [0.1, 0.15) is 39.5 Å². The molecule has 1 aliphatic rings. The van der Waals surface area contributed by atoms with Gasteiger partial charge in [-0.25, -0.2) is 17.5 Å². The summed E-state index contributed by atoms with van der Waals surface area (Å²) in [5, 5.41) is 0. The van der Waals surface area contributed by atoms with Gasteiger partial charge in [-0.1, -0.05) is 26.7 Å². The maximum absolute atomic E-state index is 14.1. The summed E-state index contributed by atoms with van der Waals surface area (Å²) in [7, 11) is -3.94. The van der Waals surface area contributed by atoms with Crippen molar-refractivity contribution in [2.24, 2.45) is 5.41 Å². The Balaban J connectivity index is 2.35. The van der Waals surface area contributed by atoms with E-state index in [-0.39, 0.29) is 21.6 Å². The molecule has 1 unspecified atom stereocenters. The Bertz CT molecular complexity index is 647. The summed E-state index contributed by atoms with van der Waals surface area (Å²) in [6, 6.07) is 2.30. The maximum Gasteiger partial charge on any atom is 0.243 e. The first kappa shape index (κ1) is 16.7. The third-order valence-corrected chi connectivity index (χ3v) is 6.16. The van der Waals surface area contributed by atoms with Gasteiger partial charge in [-0.2, -0.15) is 0 Å². The smallest absolute Gasteiger partial charge is 0.243 e. The monoisotopic (exact) mass is 378 g/mol. The molecule has 1 saturated carbocycles. The molecule has 1 aromatic carbocycles. The molecule has 1 fully saturated rings. The Labute approximate surface area is 133 Å². The summed E-state index contributed by atoms with van der Waals surface area (Å²) in [5.41, 5.74) is 5.68. The van der Waals surface area contributed by atoms with Crippen molar-refractivity contribution in [3.05, 3.63) is 22.4 Å². The molecule has 0 spiro atoms. The number of sulfonamides is 1. The Morgan fingerprint density at radius 2 is 2.05 bits per heavy atom. The molecule has 0 aliphatic heterocycles. The average Bonchev–Trinajstić information content (AvgIpc) is 2.36. The largest absolute Gasteiger partial charge is 0.399 e. The van der Waals surface area contributed by atoms with Crippen molar-refractivity contribution >= 4 is 31.6 Å². The van der Waals surface area contributed by atoms with E-state index in [1.54, 1.807) is 0 Å². The maximum atomic E-state index is 14.1. The molecule has 0 heterocycles. The summed E-state index contributed by atoms with van der Waals surface area (Å²) in [4.78, 5) is -0.407. The lowest BCUT2D eigenvalue weighted by atomic mass is 9.74. The molecular weight excluding hydrogens is 359 g/mol. The molecule has 0 radical (unpaired) electrons. The van der Waals surface area contributed by atoms with E-state index in [0.717, 1.165) is 31.7 Å². The number of hydrogen-bond donors (Lipinski definition) is 2. The van der Waals surface area contributed by atoms with E-state index in [9.17, 15) is 12.8 Å². The molecule has 1 aliphatic carbocycles. The second-order valence-corrected chi connectivity index (χ2v) is 8.76. The van der Waals surface area contributed by atoms with Gasteiger partial charge in [-0.15, -0.1) is 0 Å². The van der Waals surface area contributed by atoms with Gasteiger partial charge >= 0.3 is 0 Å². The Morgan fingerprint density at radius 1 is 1.38 bits per heavy atom. The van der Waals surface area contributed by atoms with Crippen LogP contribution >= 0.6 is 15.9 Å². The number of halogens is 2. The molecule has 1 atom stereocenters. The van der Waals surface area contributed by atoms with Crippen molar-refractivity contribution in [1.29, 1.82) is 0 Å². The number of nitrogen functional groups attached to an aromatic ring is 1. The molecule has 21 heavy (non-hydrogen) atoms. The minimum absolute atomic E-state index is 0.0470. The van der Waals surface area contributed by atoms with Crippen molar-refractivity contribution in [3.8, 4) is 0 Å². The van der Waals surface area contributed by atoms with Gasteiger partial charge in [0.05, 0.1) is 4.47 Å². The highest BCUT2D eigenvalue weighted by atomic mass is 79.9. The summed E-state index contributed by atoms with van der Waals surface area (Å²) in [6.45, 7) is 4.07. The highest BCUT2D eigenvalue weighted by Crippen LogP contribution is 2.36. The fraction of sp³-hybridized carbons (Fsp3) is 0.571. The minimum Gasteiger partial charge on any atom is -0.399 e. The zero-order valence-corrected chi connectivity index (χ0v) is 14.5.